The molecule has 12 heteroatoms. The van der Waals surface area contributed by atoms with Gasteiger partial charge in [-0.05, 0) is 66.9 Å². The Morgan fingerprint density at radius 2 is 1.68 bits per heavy atom. The monoisotopic (exact) mass is 570 g/mol. The molecule has 0 spiro atoms. The van der Waals surface area contributed by atoms with E-state index in [2.05, 4.69) is 9.97 Å². The van der Waals surface area contributed by atoms with Gasteiger partial charge in [-0.2, -0.15) is 4.31 Å². The van der Waals surface area contributed by atoms with Gasteiger partial charge in [-0.1, -0.05) is 23.8 Å². The second-order valence-corrected chi connectivity index (χ2v) is 14.1. The van der Waals surface area contributed by atoms with E-state index < -0.39 is 19.9 Å². The highest BCUT2D eigenvalue weighted by molar-refractivity contribution is 7.90. The van der Waals surface area contributed by atoms with E-state index in [1.165, 1.54) is 50.9 Å². The summed E-state index contributed by atoms with van der Waals surface area (Å²) in [5, 5.41) is 0.393. The molecular weight excluding hydrogens is 545 g/mol. The Hall–Kier alpha value is -3.19. The van der Waals surface area contributed by atoms with Crippen molar-refractivity contribution >= 4 is 52.5 Å². The number of aromatic nitrogens is 2. The fourth-order valence-electron chi connectivity index (χ4n) is 4.32. The first-order valence-corrected chi connectivity index (χ1v) is 16.2. The SMILES string of the molecule is CS(=O)(=O)c1ccc2nc(N(Cc3cccnc3)C(=O)c3ccc(S(=O)(=O)N4CCCCC4)cc3)sc2c1. The van der Waals surface area contributed by atoms with Gasteiger partial charge < -0.3 is 0 Å². The van der Waals surface area contributed by atoms with Crippen molar-refractivity contribution in [2.24, 2.45) is 0 Å². The number of benzene rings is 2. The predicted octanol–water partition coefficient (Wildman–Crippen LogP) is 4.12. The van der Waals surface area contributed by atoms with Gasteiger partial charge in [0.25, 0.3) is 5.91 Å². The lowest BCUT2D eigenvalue weighted by Gasteiger charge is -2.26. The van der Waals surface area contributed by atoms with Gasteiger partial charge in [0.15, 0.2) is 15.0 Å². The number of hydrogen-bond donors (Lipinski definition) is 0. The highest BCUT2D eigenvalue weighted by Gasteiger charge is 2.27. The molecule has 0 saturated carbocycles. The summed E-state index contributed by atoms with van der Waals surface area (Å²) >= 11 is 1.21. The molecule has 0 aliphatic carbocycles. The molecule has 3 heterocycles. The van der Waals surface area contributed by atoms with Gasteiger partial charge in [0.05, 0.1) is 26.6 Å². The van der Waals surface area contributed by atoms with Crippen molar-refractivity contribution in [2.75, 3.05) is 24.2 Å². The highest BCUT2D eigenvalue weighted by atomic mass is 32.2. The minimum Gasteiger partial charge on any atom is -0.279 e. The van der Waals surface area contributed by atoms with Gasteiger partial charge in [-0.25, -0.2) is 21.8 Å². The third-order valence-corrected chi connectivity index (χ3v) is 10.4. The van der Waals surface area contributed by atoms with Crippen molar-refractivity contribution in [3.63, 3.8) is 0 Å². The Morgan fingerprint density at radius 1 is 0.974 bits per heavy atom. The van der Waals surface area contributed by atoms with Crippen molar-refractivity contribution in [3.05, 3.63) is 78.1 Å². The van der Waals surface area contributed by atoms with E-state index in [4.69, 9.17) is 0 Å². The first-order valence-electron chi connectivity index (χ1n) is 12.0. The lowest BCUT2D eigenvalue weighted by molar-refractivity contribution is 0.0985. The van der Waals surface area contributed by atoms with Crippen molar-refractivity contribution in [1.29, 1.82) is 0 Å². The molecule has 4 aromatic rings. The number of hydrogen-bond acceptors (Lipinski definition) is 8. The van der Waals surface area contributed by atoms with E-state index >= 15 is 0 Å². The van der Waals surface area contributed by atoms with Gasteiger partial charge in [0.2, 0.25) is 10.0 Å². The molecule has 198 valence electrons. The van der Waals surface area contributed by atoms with Crippen LogP contribution in [-0.4, -0.2) is 56.4 Å². The Labute approximate surface area is 225 Å². The Balaban J connectivity index is 1.49. The lowest BCUT2D eigenvalue weighted by atomic mass is 10.2. The van der Waals surface area contributed by atoms with E-state index in [1.54, 1.807) is 30.6 Å². The normalized spacial score (nSPS) is 15.0. The van der Waals surface area contributed by atoms with Crippen molar-refractivity contribution in [1.82, 2.24) is 14.3 Å². The van der Waals surface area contributed by atoms with Crippen LogP contribution in [0, 0.1) is 0 Å². The summed E-state index contributed by atoms with van der Waals surface area (Å²) in [6.45, 7) is 1.18. The minimum absolute atomic E-state index is 0.156. The molecule has 9 nitrogen and oxygen atoms in total. The number of anilines is 1. The Morgan fingerprint density at radius 3 is 2.34 bits per heavy atom. The molecule has 5 rings (SSSR count). The zero-order valence-corrected chi connectivity index (χ0v) is 23.1. The van der Waals surface area contributed by atoms with Crippen molar-refractivity contribution in [3.8, 4) is 0 Å². The summed E-state index contributed by atoms with van der Waals surface area (Å²) < 4.78 is 52.2. The van der Waals surface area contributed by atoms with Gasteiger partial charge in [-0.3, -0.25) is 14.7 Å². The molecular formula is C26H26N4O5S3. The second-order valence-electron chi connectivity index (χ2n) is 9.14. The maximum Gasteiger partial charge on any atom is 0.260 e. The first kappa shape index (κ1) is 26.4. The largest absolute Gasteiger partial charge is 0.279 e. The van der Waals surface area contributed by atoms with E-state index in [0.29, 0.717) is 34.0 Å². The lowest BCUT2D eigenvalue weighted by Crippen LogP contribution is -2.35. The summed E-state index contributed by atoms with van der Waals surface area (Å²) in [5.74, 6) is -0.363. The van der Waals surface area contributed by atoms with Crippen LogP contribution in [0.3, 0.4) is 0 Å². The molecule has 1 amide bonds. The maximum absolute atomic E-state index is 13.7. The summed E-state index contributed by atoms with van der Waals surface area (Å²) in [5.41, 5.74) is 1.66. The fourth-order valence-corrected chi connectivity index (χ4v) is 7.56. The van der Waals surface area contributed by atoms with Crippen LogP contribution in [-0.2, 0) is 26.4 Å². The molecule has 0 radical (unpaired) electrons. The molecule has 1 fully saturated rings. The molecule has 2 aromatic heterocycles. The summed E-state index contributed by atoms with van der Waals surface area (Å²) in [6.07, 6.45) is 7.14. The molecule has 1 aliphatic rings. The van der Waals surface area contributed by atoms with Crippen LogP contribution >= 0.6 is 11.3 Å². The molecule has 0 unspecified atom stereocenters. The minimum atomic E-state index is -3.62. The highest BCUT2D eigenvalue weighted by Crippen LogP contribution is 2.32. The first-order chi connectivity index (χ1) is 18.1. The number of piperidine rings is 1. The standard InChI is InChI=1S/C26H26N4O5S3/c1-37(32,33)22-11-12-23-24(16-22)36-26(28-23)30(18-19-6-5-13-27-17-19)25(31)20-7-9-21(10-8-20)38(34,35)29-14-3-2-4-15-29/h5-13,16-17H,2-4,14-15,18H2,1H3. The third kappa shape index (κ3) is 5.48. The van der Waals surface area contributed by atoms with E-state index in [-0.39, 0.29) is 22.2 Å². The zero-order chi connectivity index (χ0) is 26.9. The van der Waals surface area contributed by atoms with Crippen LogP contribution in [0.1, 0.15) is 35.2 Å². The van der Waals surface area contributed by atoms with Gasteiger partial charge >= 0.3 is 0 Å². The van der Waals surface area contributed by atoms with Crippen LogP contribution in [0.15, 0.2) is 76.8 Å². The van der Waals surface area contributed by atoms with Gasteiger partial charge in [-0.15, -0.1) is 0 Å². The predicted molar refractivity (Wildman–Crippen MR) is 147 cm³/mol. The average molecular weight is 571 g/mol. The number of pyridine rings is 1. The van der Waals surface area contributed by atoms with Crippen molar-refractivity contribution in [2.45, 2.75) is 35.6 Å². The molecule has 1 saturated heterocycles. The van der Waals surface area contributed by atoms with Crippen LogP contribution in [0.4, 0.5) is 5.13 Å². The topological polar surface area (TPSA) is 118 Å². The van der Waals surface area contributed by atoms with Crippen molar-refractivity contribution < 1.29 is 21.6 Å². The molecule has 1 aliphatic heterocycles. The maximum atomic E-state index is 13.7. The van der Waals surface area contributed by atoms with Crippen LogP contribution in [0.25, 0.3) is 10.2 Å². The fraction of sp³-hybridized carbons (Fsp3) is 0.269. The number of carbonyl (C=O) groups is 1. The molecule has 2 aromatic carbocycles. The molecule has 38 heavy (non-hydrogen) atoms. The molecule has 0 atom stereocenters. The van der Waals surface area contributed by atoms with Gasteiger partial charge in [0, 0.05) is 37.3 Å². The average Bonchev–Trinajstić information content (AvgIpc) is 3.35. The molecule has 0 N–H and O–H groups in total. The summed E-state index contributed by atoms with van der Waals surface area (Å²) in [7, 11) is -7.02. The number of nitrogens with zero attached hydrogens (tertiary/aromatic N) is 4. The van der Waals surface area contributed by atoms with Crippen LogP contribution in [0.5, 0.6) is 0 Å². The Kier molecular flexibility index (Phi) is 7.32. The quantitative estimate of drug-likeness (QED) is 0.328. The number of amides is 1. The van der Waals surface area contributed by atoms with E-state index in [1.807, 2.05) is 6.07 Å². The number of sulfonamides is 1. The zero-order valence-electron chi connectivity index (χ0n) is 20.6. The third-order valence-electron chi connectivity index (χ3n) is 6.37. The second kappa shape index (κ2) is 10.5. The van der Waals surface area contributed by atoms with E-state index in [0.717, 1.165) is 31.1 Å². The van der Waals surface area contributed by atoms with E-state index in [9.17, 15) is 21.6 Å². The number of sulfone groups is 1. The van der Waals surface area contributed by atoms with Crippen LogP contribution < -0.4 is 4.90 Å². The number of rotatable bonds is 7. The van der Waals surface area contributed by atoms with Gasteiger partial charge in [0.1, 0.15) is 0 Å². The molecule has 0 bridgehead atoms. The smallest absolute Gasteiger partial charge is 0.260 e. The number of carbonyl (C=O) groups excluding carboxylic acids is 1. The van der Waals surface area contributed by atoms with Crippen LogP contribution in [0.2, 0.25) is 0 Å². The number of fused-ring (bicyclic) bond motifs is 1. The summed E-state index contributed by atoms with van der Waals surface area (Å²) in [6, 6.07) is 14.3. The number of thiazole rings is 1. The Bertz CT molecular complexity index is 1680. The summed E-state index contributed by atoms with van der Waals surface area (Å²) in [4.78, 5) is 24.3.